The molecule has 1 aliphatic heterocycles. The summed E-state index contributed by atoms with van der Waals surface area (Å²) in [6.45, 7) is -0.565. The Kier molecular flexibility index (Phi) is 5.57. The maximum Gasteiger partial charge on any atom is 0.481 e. The lowest BCUT2D eigenvalue weighted by atomic mass is 10.2. The molecule has 0 spiro atoms. The van der Waals surface area contributed by atoms with Crippen molar-refractivity contribution in [2.24, 2.45) is 0 Å². The minimum Gasteiger partial charge on any atom is -0.352 e. The zero-order valence-corrected chi connectivity index (χ0v) is 13.6. The molecule has 2 rings (SSSR count). The number of aromatic nitrogens is 2. The largest absolute Gasteiger partial charge is 0.481 e. The van der Waals surface area contributed by atoms with Gasteiger partial charge in [-0.2, -0.15) is 8.70 Å². The smallest absolute Gasteiger partial charge is 0.352 e. The quantitative estimate of drug-likeness (QED) is 0.466. The van der Waals surface area contributed by atoms with Crippen molar-refractivity contribution in [2.75, 3.05) is 6.61 Å². The van der Waals surface area contributed by atoms with Gasteiger partial charge in [0.05, 0.1) is 18.9 Å². The van der Waals surface area contributed by atoms with Crippen LogP contribution in [0.5, 0.6) is 0 Å². The summed E-state index contributed by atoms with van der Waals surface area (Å²) in [5.74, 6) is -1.19. The van der Waals surface area contributed by atoms with Gasteiger partial charge in [0.15, 0.2) is 0 Å². The van der Waals surface area contributed by atoms with Gasteiger partial charge in [0, 0.05) is 0 Å². The van der Waals surface area contributed by atoms with Crippen LogP contribution in [0.4, 0.5) is 4.39 Å². The Morgan fingerprint density at radius 2 is 2.00 bits per heavy atom. The van der Waals surface area contributed by atoms with Crippen LogP contribution in [-0.4, -0.2) is 36.9 Å². The molecule has 24 heavy (non-hydrogen) atoms. The Hall–Kier alpha value is -1.17. The number of hydrogen-bond acceptors (Lipinski definition) is 7. The molecule has 136 valence electrons. The van der Waals surface area contributed by atoms with Gasteiger partial charge in [0.1, 0.15) is 6.23 Å². The number of phosphoric ester groups is 1. The minimum atomic E-state index is -5.23. The van der Waals surface area contributed by atoms with Crippen LogP contribution in [0, 0.1) is 5.82 Å². The monoisotopic (exact) mass is 390 g/mol. The van der Waals surface area contributed by atoms with E-state index in [1.54, 1.807) is 4.98 Å². The van der Waals surface area contributed by atoms with E-state index in [0.29, 0.717) is 6.20 Å². The Bertz CT molecular complexity index is 815. The molecule has 1 aromatic rings. The molecule has 1 aliphatic rings. The summed E-state index contributed by atoms with van der Waals surface area (Å²) in [6, 6.07) is 0. The molecular formula is C9H13FN2O10P2. The molecule has 1 fully saturated rings. The summed E-state index contributed by atoms with van der Waals surface area (Å²) in [6.07, 6.45) is -0.665. The van der Waals surface area contributed by atoms with Gasteiger partial charge in [-0.1, -0.05) is 0 Å². The van der Waals surface area contributed by atoms with E-state index in [1.807, 2.05) is 0 Å². The molecule has 1 unspecified atom stereocenters. The lowest BCUT2D eigenvalue weighted by Gasteiger charge is -2.17. The van der Waals surface area contributed by atoms with Crippen LogP contribution in [0.3, 0.4) is 0 Å². The van der Waals surface area contributed by atoms with Crippen LogP contribution in [0.1, 0.15) is 19.1 Å². The normalized spacial score (nSPS) is 24.0. The van der Waals surface area contributed by atoms with Gasteiger partial charge in [-0.3, -0.25) is 18.9 Å². The van der Waals surface area contributed by atoms with E-state index in [2.05, 4.69) is 8.83 Å². The highest BCUT2D eigenvalue weighted by molar-refractivity contribution is 7.60. The van der Waals surface area contributed by atoms with Crippen molar-refractivity contribution in [3.63, 3.8) is 0 Å². The highest BCUT2D eigenvalue weighted by Crippen LogP contribution is 2.57. The van der Waals surface area contributed by atoms with Crippen LogP contribution < -0.4 is 11.2 Å². The van der Waals surface area contributed by atoms with Crippen LogP contribution in [0.15, 0.2) is 15.8 Å². The fourth-order valence-electron chi connectivity index (χ4n) is 2.02. The van der Waals surface area contributed by atoms with E-state index in [9.17, 15) is 23.1 Å². The Balaban J connectivity index is 1.98. The fraction of sp³-hybridized carbons (Fsp3) is 0.556. The third-order valence-corrected chi connectivity index (χ3v) is 5.10. The maximum atomic E-state index is 13.2. The summed E-state index contributed by atoms with van der Waals surface area (Å²) in [5.41, 5.74) is -2.07. The first-order chi connectivity index (χ1) is 11.0. The molecule has 0 saturated carbocycles. The number of nitrogens with one attached hydrogen (secondary N) is 1. The molecule has 15 heteroatoms. The molecule has 0 bridgehead atoms. The molecule has 3 atom stereocenters. The van der Waals surface area contributed by atoms with Gasteiger partial charge >= 0.3 is 21.3 Å². The number of phosphoric acid groups is 2. The highest BCUT2D eigenvalue weighted by atomic mass is 31.3. The SMILES string of the molecule is O=c1[nH]c(=O)n([C@H]2CC[C@@H](COP(=O)(O)OP(=O)(O)O)O2)cc1F. The van der Waals surface area contributed by atoms with E-state index in [1.165, 1.54) is 0 Å². The number of nitrogens with zero attached hydrogens (tertiary/aromatic N) is 1. The number of hydrogen-bond donors (Lipinski definition) is 4. The van der Waals surface area contributed by atoms with Crippen LogP contribution in [0.2, 0.25) is 0 Å². The number of rotatable bonds is 6. The van der Waals surface area contributed by atoms with Gasteiger partial charge < -0.3 is 19.4 Å². The van der Waals surface area contributed by atoms with Crippen LogP contribution in [0.25, 0.3) is 0 Å². The molecule has 1 saturated heterocycles. The molecule has 0 aliphatic carbocycles. The van der Waals surface area contributed by atoms with E-state index >= 15 is 0 Å². The number of aromatic amines is 1. The number of halogens is 1. The third kappa shape index (κ3) is 5.16. The lowest BCUT2D eigenvalue weighted by molar-refractivity contribution is -0.0247. The maximum absolute atomic E-state index is 13.2. The minimum absolute atomic E-state index is 0.203. The summed E-state index contributed by atoms with van der Waals surface area (Å²) < 4.78 is 49.1. The number of ether oxygens (including phenoxy) is 1. The molecule has 0 amide bonds. The Labute approximate surface area is 132 Å². The van der Waals surface area contributed by atoms with Gasteiger partial charge in [-0.25, -0.2) is 13.9 Å². The van der Waals surface area contributed by atoms with E-state index in [0.717, 1.165) is 4.57 Å². The van der Waals surface area contributed by atoms with Crippen molar-refractivity contribution in [1.82, 2.24) is 9.55 Å². The summed E-state index contributed by atoms with van der Waals surface area (Å²) >= 11 is 0. The molecule has 0 radical (unpaired) electrons. The van der Waals surface area contributed by atoms with Crippen molar-refractivity contribution in [3.8, 4) is 0 Å². The highest BCUT2D eigenvalue weighted by Gasteiger charge is 2.35. The van der Waals surface area contributed by atoms with Gasteiger partial charge in [-0.15, -0.1) is 0 Å². The topological polar surface area (TPSA) is 177 Å². The predicted molar refractivity (Wildman–Crippen MR) is 73.3 cm³/mol. The molecule has 2 heterocycles. The second-order valence-electron chi connectivity index (χ2n) is 4.77. The van der Waals surface area contributed by atoms with E-state index < -0.39 is 51.7 Å². The standard InChI is InChI=1S/C9H13FN2O10P2/c10-6-3-12(9(14)11-8(6)13)7-2-1-5(21-7)4-20-24(18,19)22-23(15,16)17/h3,5,7H,1-2,4H2,(H,18,19)(H,11,13,14)(H2,15,16,17)/t5-,7+/m0/s1. The average Bonchev–Trinajstić information content (AvgIpc) is 2.87. The Morgan fingerprint density at radius 1 is 1.33 bits per heavy atom. The fourth-order valence-corrected chi connectivity index (χ4v) is 3.64. The second-order valence-corrected chi connectivity index (χ2v) is 7.60. The van der Waals surface area contributed by atoms with Crippen LogP contribution in [-0.2, 0) is 22.7 Å². The number of H-pyrrole nitrogens is 1. The zero-order valence-electron chi connectivity index (χ0n) is 11.8. The molecule has 4 N–H and O–H groups in total. The summed E-state index contributed by atoms with van der Waals surface area (Å²) in [7, 11) is -10.2. The summed E-state index contributed by atoms with van der Waals surface area (Å²) in [4.78, 5) is 50.3. The van der Waals surface area contributed by atoms with Crippen molar-refractivity contribution in [2.45, 2.75) is 25.2 Å². The van der Waals surface area contributed by atoms with Crippen LogP contribution >= 0.6 is 15.6 Å². The average molecular weight is 390 g/mol. The lowest BCUT2D eigenvalue weighted by Crippen LogP contribution is -2.34. The van der Waals surface area contributed by atoms with Crippen molar-refractivity contribution >= 4 is 15.6 Å². The van der Waals surface area contributed by atoms with Crippen molar-refractivity contribution in [1.29, 1.82) is 0 Å². The molecule has 0 aromatic carbocycles. The molecule has 1 aromatic heterocycles. The first-order valence-electron chi connectivity index (χ1n) is 6.37. The van der Waals surface area contributed by atoms with Crippen molar-refractivity contribution < 1.29 is 41.8 Å². The second kappa shape index (κ2) is 6.98. The molecular weight excluding hydrogens is 377 g/mol. The Morgan fingerprint density at radius 3 is 2.62 bits per heavy atom. The van der Waals surface area contributed by atoms with E-state index in [4.69, 9.17) is 19.4 Å². The first-order valence-corrected chi connectivity index (χ1v) is 9.40. The van der Waals surface area contributed by atoms with Gasteiger partial charge in [0.25, 0.3) is 5.56 Å². The summed E-state index contributed by atoms with van der Waals surface area (Å²) in [5, 5.41) is 0. The van der Waals surface area contributed by atoms with Gasteiger partial charge in [-0.05, 0) is 12.8 Å². The first kappa shape index (κ1) is 19.2. The predicted octanol–water partition coefficient (Wildman–Crippen LogP) is -0.420. The van der Waals surface area contributed by atoms with E-state index in [-0.39, 0.29) is 12.8 Å². The molecule has 12 nitrogen and oxygen atoms in total. The van der Waals surface area contributed by atoms with Crippen molar-refractivity contribution in [3.05, 3.63) is 32.9 Å². The third-order valence-electron chi connectivity index (χ3n) is 2.95. The van der Waals surface area contributed by atoms with Gasteiger partial charge in [0.2, 0.25) is 5.82 Å². The zero-order chi connectivity index (χ0) is 18.1.